The molecule has 1 fully saturated rings. The summed E-state index contributed by atoms with van der Waals surface area (Å²) in [6, 6.07) is 4.76. The summed E-state index contributed by atoms with van der Waals surface area (Å²) in [6.07, 6.45) is -2.41. The fourth-order valence-corrected chi connectivity index (χ4v) is 4.26. The molecule has 0 bridgehead atoms. The Morgan fingerprint density at radius 2 is 2.03 bits per heavy atom. The summed E-state index contributed by atoms with van der Waals surface area (Å²) in [5, 5.41) is 8.93. The van der Waals surface area contributed by atoms with E-state index in [-0.39, 0.29) is 34.4 Å². The van der Waals surface area contributed by atoms with Crippen molar-refractivity contribution in [1.82, 2.24) is 4.90 Å². The van der Waals surface area contributed by atoms with Crippen molar-refractivity contribution >= 4 is 46.3 Å². The van der Waals surface area contributed by atoms with Gasteiger partial charge in [0.1, 0.15) is 21.7 Å². The maximum Gasteiger partial charge on any atom is 0.416 e. The zero-order valence-corrected chi connectivity index (χ0v) is 18.2. The molecular weight excluding hydrogens is 470 g/mol. The maximum absolute atomic E-state index is 14.1. The Kier molecular flexibility index (Phi) is 7.09. The standard InChI is InChI=1S/C21H17F4NO4S2/c1-11(19(28)29)3-2-8-26-18(27)17(32-20(26)31)10-13-5-7-16(30-13)14-9-12(21(23,24)25)4-6-15(14)22/h4-7,9-11H,2-3,8H2,1H3,(H,28,29)/b17-10-. The van der Waals surface area contributed by atoms with Crippen LogP contribution in [-0.4, -0.2) is 32.7 Å². The van der Waals surface area contributed by atoms with Gasteiger partial charge in [0, 0.05) is 12.6 Å². The van der Waals surface area contributed by atoms with Crippen LogP contribution in [0.4, 0.5) is 17.6 Å². The second kappa shape index (κ2) is 9.45. The van der Waals surface area contributed by atoms with Crippen LogP contribution in [0, 0.1) is 11.7 Å². The molecule has 0 radical (unpaired) electrons. The van der Waals surface area contributed by atoms with Gasteiger partial charge in [-0.2, -0.15) is 13.2 Å². The molecule has 1 N–H and O–H groups in total. The van der Waals surface area contributed by atoms with Gasteiger partial charge in [-0.05, 0) is 43.2 Å². The highest BCUT2D eigenvalue weighted by Gasteiger charge is 2.33. The number of hydrogen-bond acceptors (Lipinski definition) is 5. The van der Waals surface area contributed by atoms with E-state index in [1.165, 1.54) is 23.1 Å². The third kappa shape index (κ3) is 5.39. The molecule has 1 aromatic carbocycles. The number of benzene rings is 1. The smallest absolute Gasteiger partial charge is 0.416 e. The fraction of sp³-hybridized carbons (Fsp3) is 0.286. The topological polar surface area (TPSA) is 70.8 Å². The maximum atomic E-state index is 14.1. The molecule has 1 aromatic heterocycles. The second-order valence-corrected chi connectivity index (χ2v) is 8.79. The van der Waals surface area contributed by atoms with Crippen LogP contribution in [0.1, 0.15) is 31.1 Å². The van der Waals surface area contributed by atoms with E-state index in [2.05, 4.69) is 0 Å². The summed E-state index contributed by atoms with van der Waals surface area (Å²) in [5.41, 5.74) is -1.36. The summed E-state index contributed by atoms with van der Waals surface area (Å²) in [4.78, 5) is 25.1. The monoisotopic (exact) mass is 487 g/mol. The molecule has 170 valence electrons. The molecule has 1 amide bonds. The quantitative estimate of drug-likeness (QED) is 0.302. The Labute approximate surface area is 190 Å². The first kappa shape index (κ1) is 24.0. The molecule has 0 saturated carbocycles. The normalized spacial score (nSPS) is 16.8. The van der Waals surface area contributed by atoms with E-state index in [0.29, 0.717) is 29.3 Å². The number of carboxylic acids is 1. The van der Waals surface area contributed by atoms with E-state index in [9.17, 15) is 27.2 Å². The average Bonchev–Trinajstić information content (AvgIpc) is 3.27. The van der Waals surface area contributed by atoms with Gasteiger partial charge in [0.2, 0.25) is 0 Å². The Bertz CT molecular complexity index is 1090. The highest BCUT2D eigenvalue weighted by Crippen LogP contribution is 2.36. The van der Waals surface area contributed by atoms with Crippen LogP contribution >= 0.6 is 24.0 Å². The van der Waals surface area contributed by atoms with Gasteiger partial charge < -0.3 is 9.52 Å². The van der Waals surface area contributed by atoms with Crippen molar-refractivity contribution in [1.29, 1.82) is 0 Å². The molecule has 1 aliphatic rings. The van der Waals surface area contributed by atoms with E-state index in [1.807, 2.05) is 0 Å². The van der Waals surface area contributed by atoms with Crippen LogP contribution in [0.5, 0.6) is 0 Å². The first-order valence-corrected chi connectivity index (χ1v) is 10.6. The number of carboxylic acid groups (broad SMARTS) is 1. The Morgan fingerprint density at radius 1 is 1.31 bits per heavy atom. The van der Waals surface area contributed by atoms with Crippen molar-refractivity contribution in [2.75, 3.05) is 6.54 Å². The predicted octanol–water partition coefficient (Wildman–Crippen LogP) is 5.81. The van der Waals surface area contributed by atoms with Crippen LogP contribution in [0.25, 0.3) is 17.4 Å². The first-order chi connectivity index (χ1) is 15.0. The second-order valence-electron chi connectivity index (χ2n) is 7.11. The molecule has 32 heavy (non-hydrogen) atoms. The first-order valence-electron chi connectivity index (χ1n) is 9.42. The minimum absolute atomic E-state index is 0.113. The molecule has 5 nitrogen and oxygen atoms in total. The van der Waals surface area contributed by atoms with E-state index in [4.69, 9.17) is 21.7 Å². The zero-order valence-electron chi connectivity index (χ0n) is 16.6. The lowest BCUT2D eigenvalue weighted by atomic mass is 10.1. The minimum Gasteiger partial charge on any atom is -0.481 e. The summed E-state index contributed by atoms with van der Waals surface area (Å²) < 4.78 is 58.6. The van der Waals surface area contributed by atoms with Gasteiger partial charge >= 0.3 is 12.1 Å². The molecule has 2 aromatic rings. The van der Waals surface area contributed by atoms with Crippen molar-refractivity contribution in [2.24, 2.45) is 5.92 Å². The number of carbonyl (C=O) groups is 2. The number of thioether (sulfide) groups is 1. The number of nitrogens with zero attached hydrogens (tertiary/aromatic N) is 1. The zero-order chi connectivity index (χ0) is 23.6. The van der Waals surface area contributed by atoms with Gasteiger partial charge in [0.15, 0.2) is 0 Å². The minimum atomic E-state index is -4.63. The molecule has 0 spiro atoms. The Hall–Kier alpha value is -2.66. The van der Waals surface area contributed by atoms with Crippen molar-refractivity contribution in [2.45, 2.75) is 25.9 Å². The van der Waals surface area contributed by atoms with Crippen LogP contribution in [0.3, 0.4) is 0 Å². The number of alkyl halides is 3. The average molecular weight is 487 g/mol. The van der Waals surface area contributed by atoms with Gasteiger partial charge in [-0.15, -0.1) is 0 Å². The number of thiocarbonyl (C=S) groups is 1. The number of furan rings is 1. The SMILES string of the molecule is CC(CCCN1C(=O)/C(=C/c2ccc(-c3cc(C(F)(F)F)ccc3F)o2)SC1=S)C(=O)O. The lowest BCUT2D eigenvalue weighted by molar-refractivity contribution is -0.141. The molecule has 11 heteroatoms. The van der Waals surface area contributed by atoms with Crippen LogP contribution in [-0.2, 0) is 15.8 Å². The van der Waals surface area contributed by atoms with Crippen molar-refractivity contribution in [3.8, 4) is 11.3 Å². The van der Waals surface area contributed by atoms with E-state index >= 15 is 0 Å². The number of halogens is 4. The Morgan fingerprint density at radius 3 is 2.69 bits per heavy atom. The molecule has 1 aliphatic heterocycles. The number of rotatable bonds is 7. The summed E-state index contributed by atoms with van der Waals surface area (Å²) in [5.74, 6) is -2.68. The number of hydrogen-bond donors (Lipinski definition) is 1. The van der Waals surface area contributed by atoms with Gasteiger partial charge in [0.05, 0.1) is 21.9 Å². The van der Waals surface area contributed by atoms with E-state index in [1.54, 1.807) is 6.92 Å². The van der Waals surface area contributed by atoms with E-state index < -0.39 is 29.4 Å². The van der Waals surface area contributed by atoms with E-state index in [0.717, 1.165) is 17.8 Å². The summed E-state index contributed by atoms with van der Waals surface area (Å²) in [7, 11) is 0. The predicted molar refractivity (Wildman–Crippen MR) is 115 cm³/mol. The van der Waals surface area contributed by atoms with Gasteiger partial charge in [-0.3, -0.25) is 14.5 Å². The Balaban J connectivity index is 1.75. The summed E-state index contributed by atoms with van der Waals surface area (Å²) in [6.45, 7) is 1.84. The summed E-state index contributed by atoms with van der Waals surface area (Å²) >= 11 is 6.24. The lowest BCUT2D eigenvalue weighted by Crippen LogP contribution is -2.29. The largest absolute Gasteiger partial charge is 0.481 e. The molecule has 2 heterocycles. The van der Waals surface area contributed by atoms with Crippen LogP contribution in [0.15, 0.2) is 39.7 Å². The number of aliphatic carboxylic acids is 1. The molecule has 1 atom stereocenters. The van der Waals surface area contributed by atoms with Crippen LogP contribution in [0.2, 0.25) is 0 Å². The molecule has 1 saturated heterocycles. The third-order valence-corrected chi connectivity index (χ3v) is 6.15. The van der Waals surface area contributed by atoms with Gasteiger partial charge in [-0.1, -0.05) is 30.9 Å². The highest BCUT2D eigenvalue weighted by atomic mass is 32.2. The molecular formula is C21H17F4NO4S2. The van der Waals surface area contributed by atoms with Gasteiger partial charge in [0.25, 0.3) is 5.91 Å². The number of carbonyl (C=O) groups excluding carboxylic acids is 1. The molecule has 1 unspecified atom stereocenters. The van der Waals surface area contributed by atoms with Crippen molar-refractivity contribution in [3.63, 3.8) is 0 Å². The third-order valence-electron chi connectivity index (χ3n) is 4.77. The van der Waals surface area contributed by atoms with Gasteiger partial charge in [-0.25, -0.2) is 4.39 Å². The highest BCUT2D eigenvalue weighted by molar-refractivity contribution is 8.26. The number of amides is 1. The molecule has 3 rings (SSSR count). The lowest BCUT2D eigenvalue weighted by Gasteiger charge is -2.15. The fourth-order valence-electron chi connectivity index (χ4n) is 2.97. The van der Waals surface area contributed by atoms with Crippen molar-refractivity contribution < 1.29 is 36.7 Å². The molecule has 0 aliphatic carbocycles. The van der Waals surface area contributed by atoms with Crippen LogP contribution < -0.4 is 0 Å². The van der Waals surface area contributed by atoms with Crippen molar-refractivity contribution in [3.05, 3.63) is 52.4 Å².